The molecule has 1 rings (SSSR count). The van der Waals surface area contributed by atoms with Gasteiger partial charge < -0.3 is 15.0 Å². The first-order valence-electron chi connectivity index (χ1n) is 6.75. The van der Waals surface area contributed by atoms with Crippen LogP contribution >= 0.6 is 0 Å². The second-order valence-corrected chi connectivity index (χ2v) is 4.53. The number of hydrogen-bond donors (Lipinski definition) is 1. The van der Waals surface area contributed by atoms with Crippen LogP contribution < -0.4 is 5.73 Å². The minimum Gasteiger partial charge on any atom is -0.380 e. The minimum absolute atomic E-state index is 0.268. The first kappa shape index (κ1) is 14.3. The fourth-order valence-electron chi connectivity index (χ4n) is 1.78. The van der Waals surface area contributed by atoms with E-state index >= 15 is 0 Å². The van der Waals surface area contributed by atoms with Crippen molar-refractivity contribution in [1.29, 1.82) is 0 Å². The Labute approximate surface area is 105 Å². The third-order valence-corrected chi connectivity index (χ3v) is 3.04. The minimum atomic E-state index is 0.268. The van der Waals surface area contributed by atoms with Crippen molar-refractivity contribution < 1.29 is 4.74 Å². The molecule has 1 unspecified atom stereocenters. The Morgan fingerprint density at radius 2 is 2.18 bits per heavy atom. The lowest BCUT2D eigenvalue weighted by Gasteiger charge is -2.13. The molecule has 1 atom stereocenters. The Morgan fingerprint density at radius 1 is 1.35 bits per heavy atom. The van der Waals surface area contributed by atoms with Crippen molar-refractivity contribution in [2.75, 3.05) is 13.2 Å². The summed E-state index contributed by atoms with van der Waals surface area (Å²) >= 11 is 0. The molecule has 0 saturated heterocycles. The highest BCUT2D eigenvalue weighted by Crippen LogP contribution is 2.06. The van der Waals surface area contributed by atoms with Gasteiger partial charge in [-0.05, 0) is 25.0 Å². The Hall–Kier alpha value is -0.800. The molecule has 0 bridgehead atoms. The zero-order valence-electron chi connectivity index (χ0n) is 11.2. The van der Waals surface area contributed by atoms with Crippen molar-refractivity contribution in [3.63, 3.8) is 0 Å². The van der Waals surface area contributed by atoms with Gasteiger partial charge in [-0.15, -0.1) is 0 Å². The van der Waals surface area contributed by atoms with Crippen LogP contribution in [0.3, 0.4) is 0 Å². The van der Waals surface area contributed by atoms with Crippen LogP contribution in [0, 0.1) is 0 Å². The van der Waals surface area contributed by atoms with Gasteiger partial charge in [0.2, 0.25) is 0 Å². The molecule has 0 fully saturated rings. The summed E-state index contributed by atoms with van der Waals surface area (Å²) in [6.07, 6.45) is 6.44. The molecule has 3 heteroatoms. The first-order chi connectivity index (χ1) is 8.27. The van der Waals surface area contributed by atoms with E-state index in [9.17, 15) is 0 Å². The SMILES string of the molecule is CCCCOCCn1cccc1CC(N)CC. The summed E-state index contributed by atoms with van der Waals surface area (Å²) in [6.45, 7) is 6.92. The normalized spacial score (nSPS) is 12.9. The van der Waals surface area contributed by atoms with Crippen LogP contribution in [0.2, 0.25) is 0 Å². The van der Waals surface area contributed by atoms with Crippen molar-refractivity contribution in [2.24, 2.45) is 5.73 Å². The van der Waals surface area contributed by atoms with Gasteiger partial charge in [0, 0.05) is 37.5 Å². The van der Waals surface area contributed by atoms with E-state index in [1.54, 1.807) is 0 Å². The molecular formula is C14H26N2O. The molecular weight excluding hydrogens is 212 g/mol. The highest BCUT2D eigenvalue weighted by molar-refractivity contribution is 5.08. The fourth-order valence-corrected chi connectivity index (χ4v) is 1.78. The second kappa shape index (κ2) is 8.31. The Kier molecular flexibility index (Phi) is 6.97. The molecule has 0 saturated carbocycles. The summed E-state index contributed by atoms with van der Waals surface area (Å²) in [4.78, 5) is 0. The van der Waals surface area contributed by atoms with Crippen LogP contribution in [-0.2, 0) is 17.7 Å². The van der Waals surface area contributed by atoms with E-state index in [-0.39, 0.29) is 6.04 Å². The fraction of sp³-hybridized carbons (Fsp3) is 0.714. The summed E-state index contributed by atoms with van der Waals surface area (Å²) in [7, 11) is 0. The highest BCUT2D eigenvalue weighted by atomic mass is 16.5. The molecule has 0 radical (unpaired) electrons. The number of hydrogen-bond acceptors (Lipinski definition) is 2. The Balaban J connectivity index is 2.30. The molecule has 3 nitrogen and oxygen atoms in total. The quantitative estimate of drug-likeness (QED) is 0.672. The van der Waals surface area contributed by atoms with Gasteiger partial charge in [-0.25, -0.2) is 0 Å². The molecule has 1 aromatic heterocycles. The van der Waals surface area contributed by atoms with Crippen LogP contribution in [0.25, 0.3) is 0 Å². The van der Waals surface area contributed by atoms with Gasteiger partial charge in [-0.3, -0.25) is 0 Å². The summed E-state index contributed by atoms with van der Waals surface area (Å²) in [5, 5.41) is 0. The zero-order chi connectivity index (χ0) is 12.5. The van der Waals surface area contributed by atoms with Crippen LogP contribution in [0.5, 0.6) is 0 Å². The maximum Gasteiger partial charge on any atom is 0.0645 e. The van der Waals surface area contributed by atoms with Crippen LogP contribution in [0.15, 0.2) is 18.3 Å². The largest absolute Gasteiger partial charge is 0.380 e. The predicted molar refractivity (Wildman–Crippen MR) is 72.1 cm³/mol. The summed E-state index contributed by atoms with van der Waals surface area (Å²) < 4.78 is 7.83. The van der Waals surface area contributed by atoms with Gasteiger partial charge >= 0.3 is 0 Å². The van der Waals surface area contributed by atoms with Crippen molar-refractivity contribution >= 4 is 0 Å². The molecule has 0 aliphatic carbocycles. The van der Waals surface area contributed by atoms with Crippen molar-refractivity contribution in [3.05, 3.63) is 24.0 Å². The number of unbranched alkanes of at least 4 members (excludes halogenated alkanes) is 1. The van der Waals surface area contributed by atoms with Crippen molar-refractivity contribution in [3.8, 4) is 0 Å². The van der Waals surface area contributed by atoms with Crippen molar-refractivity contribution in [2.45, 2.75) is 52.1 Å². The lowest BCUT2D eigenvalue weighted by molar-refractivity contribution is 0.123. The number of nitrogens with zero attached hydrogens (tertiary/aromatic N) is 1. The molecule has 0 spiro atoms. The summed E-state index contributed by atoms with van der Waals surface area (Å²) in [6, 6.07) is 4.51. The molecule has 0 aliphatic heterocycles. The predicted octanol–water partition coefficient (Wildman–Crippen LogP) is 2.58. The highest BCUT2D eigenvalue weighted by Gasteiger charge is 2.05. The van der Waals surface area contributed by atoms with Crippen molar-refractivity contribution in [1.82, 2.24) is 4.57 Å². The van der Waals surface area contributed by atoms with Gasteiger partial charge in [0.1, 0.15) is 0 Å². The first-order valence-corrected chi connectivity index (χ1v) is 6.75. The maximum absolute atomic E-state index is 5.98. The maximum atomic E-state index is 5.98. The van der Waals surface area contributed by atoms with Crippen LogP contribution in [-0.4, -0.2) is 23.8 Å². The summed E-state index contributed by atoms with van der Waals surface area (Å²) in [5.41, 5.74) is 7.30. The van der Waals surface area contributed by atoms with Gasteiger partial charge in [0.05, 0.1) is 6.61 Å². The molecule has 0 aromatic carbocycles. The monoisotopic (exact) mass is 238 g/mol. The average molecular weight is 238 g/mol. The number of ether oxygens (including phenoxy) is 1. The number of rotatable bonds is 9. The van der Waals surface area contributed by atoms with E-state index < -0.39 is 0 Å². The van der Waals surface area contributed by atoms with Gasteiger partial charge in [-0.2, -0.15) is 0 Å². The third kappa shape index (κ3) is 5.37. The summed E-state index contributed by atoms with van der Waals surface area (Å²) in [5.74, 6) is 0. The van der Waals surface area contributed by atoms with E-state index in [1.165, 1.54) is 12.1 Å². The third-order valence-electron chi connectivity index (χ3n) is 3.04. The molecule has 0 amide bonds. The van der Waals surface area contributed by atoms with Gasteiger partial charge in [-0.1, -0.05) is 20.3 Å². The molecule has 1 aromatic rings. The lowest BCUT2D eigenvalue weighted by Crippen LogP contribution is -2.23. The standard InChI is InChI=1S/C14H26N2O/c1-3-5-10-17-11-9-16-8-6-7-14(16)12-13(15)4-2/h6-8,13H,3-5,9-12,15H2,1-2H3. The topological polar surface area (TPSA) is 40.2 Å². The lowest BCUT2D eigenvalue weighted by atomic mass is 10.1. The number of aromatic nitrogens is 1. The zero-order valence-corrected chi connectivity index (χ0v) is 11.2. The Morgan fingerprint density at radius 3 is 2.88 bits per heavy atom. The van der Waals surface area contributed by atoms with Gasteiger partial charge in [0.25, 0.3) is 0 Å². The van der Waals surface area contributed by atoms with E-state index in [1.807, 2.05) is 0 Å². The Bertz CT molecular complexity index is 296. The van der Waals surface area contributed by atoms with Crippen LogP contribution in [0.4, 0.5) is 0 Å². The van der Waals surface area contributed by atoms with E-state index in [0.29, 0.717) is 0 Å². The molecule has 1 heterocycles. The van der Waals surface area contributed by atoms with Crippen LogP contribution in [0.1, 0.15) is 38.8 Å². The second-order valence-electron chi connectivity index (χ2n) is 4.53. The van der Waals surface area contributed by atoms with E-state index in [0.717, 1.165) is 39.0 Å². The smallest absolute Gasteiger partial charge is 0.0645 e. The molecule has 2 N–H and O–H groups in total. The van der Waals surface area contributed by atoms with E-state index in [2.05, 4.69) is 36.7 Å². The molecule has 98 valence electrons. The molecule has 0 aliphatic rings. The molecule has 17 heavy (non-hydrogen) atoms. The average Bonchev–Trinajstić information content (AvgIpc) is 2.76. The van der Waals surface area contributed by atoms with E-state index in [4.69, 9.17) is 10.5 Å². The van der Waals surface area contributed by atoms with Gasteiger partial charge in [0.15, 0.2) is 0 Å². The number of nitrogens with two attached hydrogens (primary N) is 1.